The lowest BCUT2D eigenvalue weighted by Gasteiger charge is -2.38. The summed E-state index contributed by atoms with van der Waals surface area (Å²) in [4.78, 5) is 46.0. The fourth-order valence-electron chi connectivity index (χ4n) is 7.22. The van der Waals surface area contributed by atoms with Crippen LogP contribution >= 0.6 is 0 Å². The number of hydrogen-bond acceptors (Lipinski definition) is 8. The van der Waals surface area contributed by atoms with Gasteiger partial charge in [0.15, 0.2) is 0 Å². The van der Waals surface area contributed by atoms with Crippen LogP contribution < -0.4 is 0 Å². The Bertz CT molecular complexity index is 1410. The van der Waals surface area contributed by atoms with Gasteiger partial charge in [0, 0.05) is 19.7 Å². The van der Waals surface area contributed by atoms with Gasteiger partial charge in [-0.25, -0.2) is 4.68 Å². The largest absolute Gasteiger partial charge is 0.465 e. The Labute approximate surface area is 245 Å². The Morgan fingerprint density at radius 2 is 1.86 bits per heavy atom. The topological polar surface area (TPSA) is 127 Å². The number of unbranched alkanes of at least 4 members (excludes halogenated alkanes) is 3. The molecule has 2 saturated heterocycles. The van der Waals surface area contributed by atoms with Gasteiger partial charge in [0.05, 0.1) is 18.0 Å². The molecule has 1 N–H and O–H groups in total. The van der Waals surface area contributed by atoms with Gasteiger partial charge in [0.2, 0.25) is 5.91 Å². The number of cyclic esters (lactones) is 1. The third kappa shape index (κ3) is 4.63. The van der Waals surface area contributed by atoms with E-state index in [-0.39, 0.29) is 31.7 Å². The summed E-state index contributed by atoms with van der Waals surface area (Å²) in [5, 5.41) is 17.7. The zero-order valence-corrected chi connectivity index (χ0v) is 24.1. The molecule has 2 fully saturated rings. The van der Waals surface area contributed by atoms with Crippen molar-refractivity contribution in [2.45, 2.75) is 75.8 Å². The fourth-order valence-corrected chi connectivity index (χ4v) is 7.22. The zero-order valence-electron chi connectivity index (χ0n) is 24.1. The summed E-state index contributed by atoms with van der Waals surface area (Å²) in [6.45, 7) is 3.15. The molecule has 1 aromatic heterocycles. The fraction of sp³-hybridized carbons (Fsp3) is 0.581. The number of esters is 1. The molecule has 42 heavy (non-hydrogen) atoms. The molecular weight excluding hydrogens is 538 g/mol. The average molecular weight is 578 g/mol. The van der Waals surface area contributed by atoms with Crippen molar-refractivity contribution < 1.29 is 29.0 Å². The number of carbonyl (C=O) groups excluding carboxylic acids is 3. The van der Waals surface area contributed by atoms with Gasteiger partial charge >= 0.3 is 5.97 Å². The third-order valence-electron chi connectivity index (χ3n) is 9.25. The maximum absolute atomic E-state index is 14.6. The highest BCUT2D eigenvalue weighted by Crippen LogP contribution is 2.58. The first-order chi connectivity index (χ1) is 20.5. The Morgan fingerprint density at radius 3 is 2.69 bits per heavy atom. The summed E-state index contributed by atoms with van der Waals surface area (Å²) in [7, 11) is 0. The van der Waals surface area contributed by atoms with E-state index >= 15 is 0 Å². The van der Waals surface area contributed by atoms with Crippen LogP contribution in [0.5, 0.6) is 0 Å². The first kappa shape index (κ1) is 28.5. The minimum atomic E-state index is -1.32. The molecule has 2 aromatic rings. The Hall–Kier alpha value is -3.57. The van der Waals surface area contributed by atoms with Crippen molar-refractivity contribution in [1.82, 2.24) is 24.8 Å². The lowest BCUT2D eigenvalue weighted by Crippen LogP contribution is -2.56. The second-order valence-electron chi connectivity index (χ2n) is 11.7. The van der Waals surface area contributed by atoms with Gasteiger partial charge in [0.25, 0.3) is 5.91 Å². The van der Waals surface area contributed by atoms with Crippen LogP contribution in [-0.4, -0.2) is 91.2 Å². The number of fused-ring (bicyclic) bond motifs is 3. The van der Waals surface area contributed by atoms with Crippen molar-refractivity contribution in [2.24, 2.45) is 11.8 Å². The molecule has 5 heterocycles. The lowest BCUT2D eigenvalue weighted by molar-refractivity contribution is -0.161. The van der Waals surface area contributed by atoms with Crippen molar-refractivity contribution in [3.05, 3.63) is 48.6 Å². The predicted molar refractivity (Wildman–Crippen MR) is 153 cm³/mol. The molecule has 0 radical (unpaired) electrons. The van der Waals surface area contributed by atoms with Crippen molar-refractivity contribution in [1.29, 1.82) is 0 Å². The van der Waals surface area contributed by atoms with E-state index < -0.39 is 35.0 Å². The van der Waals surface area contributed by atoms with E-state index in [0.29, 0.717) is 38.8 Å². The maximum atomic E-state index is 14.6. The number of nitrogens with zero attached hydrogens (tertiary/aromatic N) is 5. The molecule has 0 aliphatic carbocycles. The molecule has 11 heteroatoms. The number of amides is 2. The quantitative estimate of drug-likeness (QED) is 0.274. The maximum Gasteiger partial charge on any atom is 0.313 e. The van der Waals surface area contributed by atoms with Crippen molar-refractivity contribution in [3.8, 4) is 0 Å². The molecule has 4 aliphatic heterocycles. The SMILES string of the molecule is CC[C@]12/C=C\CCCOC(=O)[C@H]1[C@H]1C(=O)N(CCCCCCO)C3C(=O)N(Cn4nnc5ccccc54)CC=C[C@@]31O2. The van der Waals surface area contributed by atoms with E-state index in [0.717, 1.165) is 30.3 Å². The number of aromatic nitrogens is 3. The molecule has 0 bridgehead atoms. The molecule has 4 aliphatic rings. The highest BCUT2D eigenvalue weighted by molar-refractivity contribution is 5.99. The van der Waals surface area contributed by atoms with Gasteiger partial charge < -0.3 is 24.4 Å². The van der Waals surface area contributed by atoms with Crippen LogP contribution in [0.4, 0.5) is 0 Å². The summed E-state index contributed by atoms with van der Waals surface area (Å²) in [6, 6.07) is 6.62. The van der Waals surface area contributed by atoms with Gasteiger partial charge in [-0.05, 0) is 44.2 Å². The summed E-state index contributed by atoms with van der Waals surface area (Å²) < 4.78 is 14.4. The molecule has 11 nitrogen and oxygen atoms in total. The van der Waals surface area contributed by atoms with E-state index in [1.165, 1.54) is 0 Å². The Morgan fingerprint density at radius 1 is 1.02 bits per heavy atom. The minimum absolute atomic E-state index is 0.121. The number of aliphatic hydroxyl groups is 1. The van der Waals surface area contributed by atoms with E-state index in [2.05, 4.69) is 10.3 Å². The molecule has 2 amide bonds. The number of allylic oxidation sites excluding steroid dienone is 1. The molecular formula is C31H39N5O6. The summed E-state index contributed by atoms with van der Waals surface area (Å²) in [5.41, 5.74) is -0.843. The Kier molecular flexibility index (Phi) is 7.89. The number of likely N-dealkylation sites (tertiary alicyclic amines) is 1. The third-order valence-corrected chi connectivity index (χ3v) is 9.25. The van der Waals surface area contributed by atoms with Gasteiger partial charge in [-0.15, -0.1) is 5.10 Å². The number of ether oxygens (including phenoxy) is 2. The second kappa shape index (κ2) is 11.6. The van der Waals surface area contributed by atoms with Crippen LogP contribution in [0.1, 0.15) is 51.9 Å². The van der Waals surface area contributed by atoms with Crippen LogP contribution in [0, 0.1) is 11.8 Å². The van der Waals surface area contributed by atoms with Crippen molar-refractivity contribution >= 4 is 28.8 Å². The standard InChI is InChI=1S/C31H39N5O6/c1-2-30-15-8-5-11-20-41-29(40)25(30)24-27(38)35(18-9-3-4-10-19-37)26-28(39)34(17-12-16-31(24,26)42-30)21-36-23-14-7-6-13-22(23)32-33-36/h6-8,12-16,24-26,37H,2-5,9-11,17-21H2,1H3/b15-8-/t24-,25+,26?,30-,31-/m0/s1. The summed E-state index contributed by atoms with van der Waals surface area (Å²) >= 11 is 0. The van der Waals surface area contributed by atoms with Gasteiger partial charge in [0.1, 0.15) is 35.3 Å². The normalized spacial score (nSPS) is 31.7. The van der Waals surface area contributed by atoms with Crippen LogP contribution in [0.15, 0.2) is 48.6 Å². The van der Waals surface area contributed by atoms with E-state index in [1.807, 2.05) is 55.5 Å². The first-order valence-electron chi connectivity index (χ1n) is 15.2. The van der Waals surface area contributed by atoms with Crippen molar-refractivity contribution in [3.63, 3.8) is 0 Å². The molecule has 224 valence electrons. The average Bonchev–Trinajstić information content (AvgIpc) is 3.58. The van der Waals surface area contributed by atoms with E-state index in [4.69, 9.17) is 9.47 Å². The number of benzene rings is 1. The minimum Gasteiger partial charge on any atom is -0.465 e. The van der Waals surface area contributed by atoms with Crippen LogP contribution in [0.2, 0.25) is 0 Å². The number of aliphatic hydroxyl groups excluding tert-OH is 1. The zero-order chi connectivity index (χ0) is 29.3. The van der Waals surface area contributed by atoms with E-state index in [9.17, 15) is 19.5 Å². The number of hydrogen-bond donors (Lipinski definition) is 1. The van der Waals surface area contributed by atoms with Crippen LogP contribution in [0.25, 0.3) is 11.0 Å². The summed E-state index contributed by atoms with van der Waals surface area (Å²) in [6.07, 6.45) is 12.6. The molecule has 1 aromatic carbocycles. The molecule has 5 atom stereocenters. The van der Waals surface area contributed by atoms with E-state index in [1.54, 1.807) is 14.5 Å². The first-order valence-corrected chi connectivity index (χ1v) is 15.2. The van der Waals surface area contributed by atoms with Gasteiger partial charge in [-0.1, -0.05) is 61.4 Å². The molecule has 0 saturated carbocycles. The van der Waals surface area contributed by atoms with Gasteiger partial charge in [-0.2, -0.15) is 0 Å². The van der Waals surface area contributed by atoms with Crippen LogP contribution in [-0.2, 0) is 30.5 Å². The highest BCUT2D eigenvalue weighted by Gasteiger charge is 2.75. The Balaban J connectivity index is 1.39. The predicted octanol–water partition coefficient (Wildman–Crippen LogP) is 2.59. The monoisotopic (exact) mass is 577 g/mol. The van der Waals surface area contributed by atoms with Gasteiger partial charge in [-0.3, -0.25) is 14.4 Å². The smallest absolute Gasteiger partial charge is 0.313 e. The molecule has 1 spiro atoms. The number of carbonyl (C=O) groups is 3. The second-order valence-corrected chi connectivity index (χ2v) is 11.7. The number of para-hydroxylation sites is 1. The molecule has 1 unspecified atom stereocenters. The highest BCUT2D eigenvalue weighted by atomic mass is 16.6. The lowest BCUT2D eigenvalue weighted by atomic mass is 9.73. The molecule has 6 rings (SSSR count). The number of rotatable bonds is 9. The summed E-state index contributed by atoms with van der Waals surface area (Å²) in [5.74, 6) is -2.70. The van der Waals surface area contributed by atoms with Crippen LogP contribution in [0.3, 0.4) is 0 Å². The van der Waals surface area contributed by atoms with Crippen molar-refractivity contribution in [2.75, 3.05) is 26.3 Å².